The second-order valence-electron chi connectivity index (χ2n) is 11.0. The summed E-state index contributed by atoms with van der Waals surface area (Å²) in [5, 5.41) is 2.45. The van der Waals surface area contributed by atoms with Crippen molar-refractivity contribution in [1.82, 2.24) is 10.2 Å². The van der Waals surface area contributed by atoms with E-state index in [9.17, 15) is 14.4 Å². The molecule has 1 fully saturated rings. The first-order chi connectivity index (χ1) is 22.5. The number of thioether (sulfide) groups is 1. The van der Waals surface area contributed by atoms with E-state index in [0.717, 1.165) is 27.8 Å². The highest BCUT2D eigenvalue weighted by atomic mass is 32.2. The average Bonchev–Trinajstić information content (AvgIpc) is 3.10. The van der Waals surface area contributed by atoms with Crippen molar-refractivity contribution in [2.75, 3.05) is 20.0 Å². The Labute approximate surface area is 272 Å². The second kappa shape index (κ2) is 14.0. The van der Waals surface area contributed by atoms with E-state index in [4.69, 9.17) is 14.2 Å². The lowest BCUT2D eigenvalue weighted by molar-refractivity contribution is -0.154. The molecule has 2 atom stereocenters. The molecule has 1 N–H and O–H groups in total. The number of rotatable bonds is 11. The highest BCUT2D eigenvalue weighted by molar-refractivity contribution is 8.00. The minimum Gasteiger partial charge on any atom is -0.497 e. The normalized spacial score (nSPS) is 17.2. The molecule has 0 aromatic heterocycles. The fourth-order valence-electron chi connectivity index (χ4n) is 5.81. The van der Waals surface area contributed by atoms with Crippen LogP contribution in [0.1, 0.15) is 28.4 Å². The van der Waals surface area contributed by atoms with Crippen molar-refractivity contribution in [3.8, 4) is 11.5 Å². The molecule has 1 unspecified atom stereocenters. The molecule has 0 aliphatic carbocycles. The van der Waals surface area contributed by atoms with Crippen LogP contribution in [0.3, 0.4) is 0 Å². The minimum absolute atomic E-state index is 0.156. The second-order valence-corrected chi connectivity index (χ2v) is 12.1. The number of esters is 1. The molecule has 9 heteroatoms. The van der Waals surface area contributed by atoms with Crippen LogP contribution in [0.4, 0.5) is 0 Å². The van der Waals surface area contributed by atoms with E-state index in [1.165, 1.54) is 16.7 Å². The lowest BCUT2D eigenvalue weighted by Crippen LogP contribution is -2.70. The molecule has 2 aliphatic heterocycles. The molecule has 4 aromatic rings. The fourth-order valence-corrected chi connectivity index (χ4v) is 7.16. The van der Waals surface area contributed by atoms with Gasteiger partial charge in [0.05, 0.1) is 20.6 Å². The highest BCUT2D eigenvalue weighted by Gasteiger charge is 2.54. The zero-order chi connectivity index (χ0) is 32.0. The molecule has 4 aromatic carbocycles. The van der Waals surface area contributed by atoms with E-state index in [1.54, 1.807) is 14.2 Å². The number of benzene rings is 4. The van der Waals surface area contributed by atoms with Crippen LogP contribution in [0.5, 0.6) is 11.5 Å². The third-order valence-corrected chi connectivity index (χ3v) is 9.43. The number of hydrogen-bond acceptors (Lipinski definition) is 7. The zero-order valence-electron chi connectivity index (χ0n) is 25.6. The number of methoxy groups -OCH3 is 2. The lowest BCUT2D eigenvalue weighted by atomic mass is 9.97. The topological polar surface area (TPSA) is 94.2 Å². The summed E-state index contributed by atoms with van der Waals surface area (Å²) in [6.07, 6.45) is -0.203. The van der Waals surface area contributed by atoms with Gasteiger partial charge in [0, 0.05) is 17.7 Å². The molecule has 2 amide bonds. The van der Waals surface area contributed by atoms with Crippen LogP contribution in [0, 0.1) is 0 Å². The van der Waals surface area contributed by atoms with E-state index in [-0.39, 0.29) is 23.9 Å². The van der Waals surface area contributed by atoms with Crippen molar-refractivity contribution in [1.29, 1.82) is 0 Å². The maximum Gasteiger partial charge on any atom is 0.356 e. The molecular weight excluding hydrogens is 600 g/mol. The van der Waals surface area contributed by atoms with Gasteiger partial charge in [0.15, 0.2) is 6.10 Å². The third-order valence-electron chi connectivity index (χ3n) is 8.09. The Morgan fingerprint density at radius 3 is 2.11 bits per heavy atom. The predicted octanol–water partition coefficient (Wildman–Crippen LogP) is 5.48. The van der Waals surface area contributed by atoms with E-state index < -0.39 is 23.5 Å². The van der Waals surface area contributed by atoms with Gasteiger partial charge in [0.25, 0.3) is 5.91 Å². The summed E-state index contributed by atoms with van der Waals surface area (Å²) < 4.78 is 17.4. The molecule has 6 rings (SSSR count). The average molecular weight is 635 g/mol. The molecule has 1 saturated heterocycles. The fraction of sp³-hybridized carbons (Fsp3) is 0.216. The van der Waals surface area contributed by atoms with Crippen molar-refractivity contribution in [2.24, 2.45) is 0 Å². The van der Waals surface area contributed by atoms with E-state index >= 15 is 0 Å². The van der Waals surface area contributed by atoms with Crippen molar-refractivity contribution in [3.63, 3.8) is 0 Å². The number of fused-ring (bicyclic) bond motifs is 1. The van der Waals surface area contributed by atoms with Gasteiger partial charge in [-0.05, 0) is 40.5 Å². The number of hydrogen-bond donors (Lipinski definition) is 1. The summed E-state index contributed by atoms with van der Waals surface area (Å²) in [7, 11) is 3.18. The lowest BCUT2D eigenvalue weighted by Gasteiger charge is -2.50. The number of carbonyl (C=O) groups is 3. The molecule has 8 nitrogen and oxygen atoms in total. The SMILES string of the molecule is COc1ccc(OC)c(CC2=C(C(=O)OC(c3ccccc3)c3ccccc3)N3C(=O)C(NC(=O)Cc4ccccc4)[C@@H]3SC2)c1. The molecule has 2 heterocycles. The molecule has 0 saturated carbocycles. The number of ether oxygens (including phenoxy) is 3. The Balaban J connectivity index is 1.33. The number of amides is 2. The molecular formula is C37H34N2O6S. The first-order valence-electron chi connectivity index (χ1n) is 15.0. The maximum atomic E-state index is 14.3. The molecule has 234 valence electrons. The first kappa shape index (κ1) is 31.0. The minimum atomic E-state index is -0.754. The Bertz CT molecular complexity index is 1710. The quantitative estimate of drug-likeness (QED) is 0.173. The van der Waals surface area contributed by atoms with Gasteiger partial charge in [-0.1, -0.05) is 91.0 Å². The van der Waals surface area contributed by atoms with E-state index in [1.807, 2.05) is 109 Å². The number of β-lactam (4-membered cyclic amide) rings is 1. The monoisotopic (exact) mass is 634 g/mol. The van der Waals surface area contributed by atoms with Crippen LogP contribution < -0.4 is 14.8 Å². The zero-order valence-corrected chi connectivity index (χ0v) is 26.4. The smallest absolute Gasteiger partial charge is 0.356 e. The van der Waals surface area contributed by atoms with Gasteiger partial charge in [0.2, 0.25) is 5.91 Å². The third kappa shape index (κ3) is 6.50. The van der Waals surface area contributed by atoms with Crippen LogP contribution in [0.15, 0.2) is 120 Å². The van der Waals surface area contributed by atoms with Crippen LogP contribution in [0.25, 0.3) is 0 Å². The largest absolute Gasteiger partial charge is 0.497 e. The van der Waals surface area contributed by atoms with Gasteiger partial charge in [0.1, 0.15) is 28.6 Å². The molecule has 0 spiro atoms. The summed E-state index contributed by atoms with van der Waals surface area (Å²) in [6.45, 7) is 0. The van der Waals surface area contributed by atoms with Crippen molar-refractivity contribution in [3.05, 3.63) is 143 Å². The van der Waals surface area contributed by atoms with Crippen molar-refractivity contribution in [2.45, 2.75) is 30.4 Å². The Morgan fingerprint density at radius 1 is 0.870 bits per heavy atom. The van der Waals surface area contributed by atoms with Gasteiger partial charge in [-0.25, -0.2) is 4.79 Å². The van der Waals surface area contributed by atoms with Crippen molar-refractivity contribution >= 4 is 29.5 Å². The van der Waals surface area contributed by atoms with Gasteiger partial charge in [-0.3, -0.25) is 14.5 Å². The van der Waals surface area contributed by atoms with Crippen LogP contribution >= 0.6 is 11.8 Å². The van der Waals surface area contributed by atoms with E-state index in [2.05, 4.69) is 5.32 Å². The summed E-state index contributed by atoms with van der Waals surface area (Å²) in [6, 6.07) is 33.2. The Morgan fingerprint density at radius 2 is 1.50 bits per heavy atom. The van der Waals surface area contributed by atoms with Gasteiger partial charge in [-0.2, -0.15) is 0 Å². The van der Waals surface area contributed by atoms with Gasteiger partial charge in [-0.15, -0.1) is 11.8 Å². The van der Waals surface area contributed by atoms with Crippen LogP contribution in [-0.4, -0.2) is 54.1 Å². The Kier molecular flexibility index (Phi) is 9.40. The summed E-state index contributed by atoms with van der Waals surface area (Å²) in [5.41, 5.74) is 4.20. The number of carbonyl (C=O) groups excluding carboxylic acids is 3. The number of nitrogens with one attached hydrogen (secondary N) is 1. The highest BCUT2D eigenvalue weighted by Crippen LogP contribution is 2.43. The van der Waals surface area contributed by atoms with Crippen LogP contribution in [-0.2, 0) is 32.0 Å². The van der Waals surface area contributed by atoms with E-state index in [0.29, 0.717) is 23.7 Å². The van der Waals surface area contributed by atoms with Gasteiger partial charge < -0.3 is 19.5 Å². The summed E-state index contributed by atoms with van der Waals surface area (Å²) >= 11 is 1.51. The van der Waals surface area contributed by atoms with Crippen LogP contribution in [0.2, 0.25) is 0 Å². The summed E-state index contributed by atoms with van der Waals surface area (Å²) in [5.74, 6) is 0.528. The Hall–Kier alpha value is -5.02. The first-order valence-corrected chi connectivity index (χ1v) is 16.0. The maximum absolute atomic E-state index is 14.3. The molecule has 0 radical (unpaired) electrons. The summed E-state index contributed by atoms with van der Waals surface area (Å²) in [4.78, 5) is 42.5. The molecule has 46 heavy (non-hydrogen) atoms. The van der Waals surface area contributed by atoms with Crippen molar-refractivity contribution < 1.29 is 28.6 Å². The predicted molar refractivity (Wildman–Crippen MR) is 176 cm³/mol. The molecule has 2 aliphatic rings. The number of nitrogens with zero attached hydrogens (tertiary/aromatic N) is 1. The molecule has 0 bridgehead atoms. The van der Waals surface area contributed by atoms with Gasteiger partial charge >= 0.3 is 5.97 Å². The standard InChI is InChI=1S/C37H34N2O6S/c1-43-29-18-19-30(44-2)27(22-29)21-28-23-46-36-32(38-31(40)20-24-12-6-3-7-13-24)35(41)39(36)33(28)37(42)45-34(25-14-8-4-9-15-25)26-16-10-5-11-17-26/h3-19,22,32,34,36H,20-21,23H2,1-2H3,(H,38,40)/t32?,36-/m0/s1.